The normalized spacial score (nSPS) is 10.9. The Labute approximate surface area is 136 Å². The Morgan fingerprint density at radius 2 is 1.91 bits per heavy atom. The smallest absolute Gasteiger partial charge is 0.141 e. The number of pyridine rings is 1. The quantitative estimate of drug-likeness (QED) is 0.716. The van der Waals surface area contributed by atoms with E-state index in [1.165, 1.54) is 12.1 Å². The van der Waals surface area contributed by atoms with Crippen molar-refractivity contribution < 1.29 is 4.39 Å². The van der Waals surface area contributed by atoms with E-state index in [9.17, 15) is 4.39 Å². The zero-order valence-electron chi connectivity index (χ0n) is 11.4. The van der Waals surface area contributed by atoms with E-state index < -0.39 is 5.82 Å². The SMILES string of the molecule is NCc1ncc(Nc2ccc(F)c(Cl)c2)c2ccc(Cl)cc12. The van der Waals surface area contributed by atoms with Gasteiger partial charge in [0.1, 0.15) is 5.82 Å². The summed E-state index contributed by atoms with van der Waals surface area (Å²) in [5.41, 5.74) is 7.93. The van der Waals surface area contributed by atoms with Gasteiger partial charge >= 0.3 is 0 Å². The molecule has 0 amide bonds. The molecule has 112 valence electrons. The molecule has 3 rings (SSSR count). The van der Waals surface area contributed by atoms with Crippen molar-refractivity contribution in [1.29, 1.82) is 0 Å². The third kappa shape index (κ3) is 2.86. The van der Waals surface area contributed by atoms with E-state index in [0.29, 0.717) is 17.3 Å². The van der Waals surface area contributed by atoms with Gasteiger partial charge in [-0.25, -0.2) is 4.39 Å². The summed E-state index contributed by atoms with van der Waals surface area (Å²) < 4.78 is 13.2. The molecule has 0 saturated carbocycles. The second-order valence-electron chi connectivity index (χ2n) is 4.77. The molecule has 3 N–H and O–H groups in total. The fourth-order valence-electron chi connectivity index (χ4n) is 2.26. The van der Waals surface area contributed by atoms with E-state index in [4.69, 9.17) is 28.9 Å². The lowest BCUT2D eigenvalue weighted by Crippen LogP contribution is -2.02. The van der Waals surface area contributed by atoms with Crippen LogP contribution >= 0.6 is 23.2 Å². The highest BCUT2D eigenvalue weighted by Gasteiger charge is 2.09. The third-order valence-corrected chi connectivity index (χ3v) is 3.85. The Hall–Kier alpha value is -1.88. The molecule has 3 nitrogen and oxygen atoms in total. The average Bonchev–Trinajstić information content (AvgIpc) is 2.51. The molecule has 3 aromatic rings. The van der Waals surface area contributed by atoms with Gasteiger partial charge in [0, 0.05) is 28.0 Å². The van der Waals surface area contributed by atoms with Crippen molar-refractivity contribution >= 4 is 45.3 Å². The van der Waals surface area contributed by atoms with E-state index in [2.05, 4.69) is 10.3 Å². The first-order valence-electron chi connectivity index (χ1n) is 6.58. The number of rotatable bonds is 3. The molecule has 0 spiro atoms. The second-order valence-corrected chi connectivity index (χ2v) is 5.61. The first-order valence-corrected chi connectivity index (χ1v) is 7.33. The molecule has 0 aliphatic carbocycles. The van der Waals surface area contributed by atoms with Crippen LogP contribution in [0.15, 0.2) is 42.6 Å². The Morgan fingerprint density at radius 1 is 1.09 bits per heavy atom. The van der Waals surface area contributed by atoms with Crippen molar-refractivity contribution in [2.45, 2.75) is 6.54 Å². The standard InChI is InChI=1S/C16H12Cl2FN3/c17-9-1-3-11-12(5-9)15(7-20)21-8-16(11)22-10-2-4-14(19)13(18)6-10/h1-6,8,22H,7,20H2. The van der Waals surface area contributed by atoms with Crippen LogP contribution in [0.2, 0.25) is 10.0 Å². The number of nitrogens with one attached hydrogen (secondary N) is 1. The molecule has 0 unspecified atom stereocenters. The Kier molecular flexibility index (Phi) is 4.16. The molecule has 2 aromatic carbocycles. The Balaban J connectivity index is 2.09. The highest BCUT2D eigenvalue weighted by molar-refractivity contribution is 6.31. The van der Waals surface area contributed by atoms with Gasteiger partial charge in [-0.2, -0.15) is 0 Å². The number of nitrogens with two attached hydrogens (primary N) is 1. The predicted octanol–water partition coefficient (Wildman–Crippen LogP) is 4.88. The van der Waals surface area contributed by atoms with Crippen molar-refractivity contribution in [2.24, 2.45) is 5.73 Å². The second kappa shape index (κ2) is 6.08. The lowest BCUT2D eigenvalue weighted by atomic mass is 10.1. The summed E-state index contributed by atoms with van der Waals surface area (Å²) in [5, 5.41) is 5.68. The van der Waals surface area contributed by atoms with Gasteiger partial charge in [-0.3, -0.25) is 4.98 Å². The number of anilines is 2. The first kappa shape index (κ1) is 15.0. The van der Waals surface area contributed by atoms with Crippen molar-refractivity contribution in [3.8, 4) is 0 Å². The zero-order chi connectivity index (χ0) is 15.7. The van der Waals surface area contributed by atoms with Gasteiger partial charge in [0.25, 0.3) is 0 Å². The first-order chi connectivity index (χ1) is 10.6. The molecular formula is C16H12Cl2FN3. The van der Waals surface area contributed by atoms with Crippen molar-refractivity contribution in [3.05, 3.63) is 64.2 Å². The number of halogens is 3. The van der Waals surface area contributed by atoms with Gasteiger partial charge < -0.3 is 11.1 Å². The molecule has 1 aromatic heterocycles. The summed E-state index contributed by atoms with van der Waals surface area (Å²) in [4.78, 5) is 4.35. The maximum absolute atomic E-state index is 13.2. The van der Waals surface area contributed by atoms with Gasteiger partial charge in [0.05, 0.1) is 22.6 Å². The molecule has 0 bridgehead atoms. The van der Waals surface area contributed by atoms with E-state index in [1.54, 1.807) is 18.3 Å². The van der Waals surface area contributed by atoms with Gasteiger partial charge in [0.2, 0.25) is 0 Å². The minimum atomic E-state index is -0.458. The van der Waals surface area contributed by atoms with Gasteiger partial charge in [-0.15, -0.1) is 0 Å². The van der Waals surface area contributed by atoms with E-state index in [-0.39, 0.29) is 5.02 Å². The maximum Gasteiger partial charge on any atom is 0.141 e. The number of hydrogen-bond donors (Lipinski definition) is 2. The molecule has 0 fully saturated rings. The van der Waals surface area contributed by atoms with Crippen LogP contribution < -0.4 is 11.1 Å². The van der Waals surface area contributed by atoms with Crippen LogP contribution in [0.4, 0.5) is 15.8 Å². The fraction of sp³-hybridized carbons (Fsp3) is 0.0625. The summed E-state index contributed by atoms with van der Waals surface area (Å²) in [6.45, 7) is 0.319. The number of fused-ring (bicyclic) bond motifs is 1. The minimum Gasteiger partial charge on any atom is -0.354 e. The summed E-state index contributed by atoms with van der Waals surface area (Å²) in [7, 11) is 0. The largest absolute Gasteiger partial charge is 0.354 e. The lowest BCUT2D eigenvalue weighted by molar-refractivity contribution is 0.628. The van der Waals surface area contributed by atoms with Crippen LogP contribution in [0, 0.1) is 5.82 Å². The van der Waals surface area contributed by atoms with Crippen molar-refractivity contribution in [3.63, 3.8) is 0 Å². The molecule has 1 heterocycles. The van der Waals surface area contributed by atoms with E-state index in [1.807, 2.05) is 12.1 Å². The van der Waals surface area contributed by atoms with Crippen LogP contribution in [0.3, 0.4) is 0 Å². The maximum atomic E-state index is 13.2. The summed E-state index contributed by atoms with van der Waals surface area (Å²) in [5.74, 6) is -0.458. The molecular weight excluding hydrogens is 324 g/mol. The topological polar surface area (TPSA) is 50.9 Å². The van der Waals surface area contributed by atoms with Crippen LogP contribution in [0.1, 0.15) is 5.69 Å². The van der Waals surface area contributed by atoms with Crippen LogP contribution in [-0.4, -0.2) is 4.98 Å². The van der Waals surface area contributed by atoms with Gasteiger partial charge in [-0.1, -0.05) is 29.3 Å². The van der Waals surface area contributed by atoms with E-state index >= 15 is 0 Å². The van der Waals surface area contributed by atoms with Crippen molar-refractivity contribution in [2.75, 3.05) is 5.32 Å². The Morgan fingerprint density at radius 3 is 2.64 bits per heavy atom. The Bertz CT molecular complexity index is 852. The molecule has 0 atom stereocenters. The number of nitrogens with zero attached hydrogens (tertiary/aromatic N) is 1. The van der Waals surface area contributed by atoms with Gasteiger partial charge in [-0.05, 0) is 30.3 Å². The summed E-state index contributed by atoms with van der Waals surface area (Å²) in [6, 6.07) is 9.97. The molecule has 0 saturated heterocycles. The number of aromatic nitrogens is 1. The monoisotopic (exact) mass is 335 g/mol. The highest BCUT2D eigenvalue weighted by Crippen LogP contribution is 2.30. The molecule has 0 radical (unpaired) electrons. The predicted molar refractivity (Wildman–Crippen MR) is 89.3 cm³/mol. The lowest BCUT2D eigenvalue weighted by Gasteiger charge is -2.12. The van der Waals surface area contributed by atoms with Crippen LogP contribution in [0.25, 0.3) is 10.8 Å². The number of benzene rings is 2. The van der Waals surface area contributed by atoms with Crippen LogP contribution in [0.5, 0.6) is 0 Å². The fourth-order valence-corrected chi connectivity index (χ4v) is 2.62. The summed E-state index contributed by atoms with van der Waals surface area (Å²) >= 11 is 11.9. The molecule has 6 heteroatoms. The molecule has 0 aliphatic heterocycles. The molecule has 22 heavy (non-hydrogen) atoms. The minimum absolute atomic E-state index is 0.0592. The van der Waals surface area contributed by atoms with E-state index in [0.717, 1.165) is 22.2 Å². The average molecular weight is 336 g/mol. The summed E-state index contributed by atoms with van der Waals surface area (Å²) in [6.07, 6.45) is 1.69. The molecule has 0 aliphatic rings. The number of hydrogen-bond acceptors (Lipinski definition) is 3. The third-order valence-electron chi connectivity index (χ3n) is 3.32. The van der Waals surface area contributed by atoms with Crippen molar-refractivity contribution in [1.82, 2.24) is 4.98 Å². The highest BCUT2D eigenvalue weighted by atomic mass is 35.5. The zero-order valence-corrected chi connectivity index (χ0v) is 12.9. The van der Waals surface area contributed by atoms with Crippen LogP contribution in [-0.2, 0) is 6.54 Å². The van der Waals surface area contributed by atoms with Gasteiger partial charge in [0.15, 0.2) is 0 Å².